The van der Waals surface area contributed by atoms with Crippen molar-refractivity contribution in [3.8, 4) is 0 Å². The number of hydrogen-bond donors (Lipinski definition) is 1. The monoisotopic (exact) mass is 426 g/mol. The molecule has 0 saturated carbocycles. The minimum atomic E-state index is -4.80. The summed E-state index contributed by atoms with van der Waals surface area (Å²) in [6, 6.07) is 6.69. The number of amides is 1. The van der Waals surface area contributed by atoms with E-state index in [0.717, 1.165) is 6.07 Å². The van der Waals surface area contributed by atoms with Crippen molar-refractivity contribution in [2.45, 2.75) is 6.18 Å². The van der Waals surface area contributed by atoms with Crippen LogP contribution in [0.15, 0.2) is 42.5 Å². The zero-order valence-electron chi connectivity index (χ0n) is 15.2. The fourth-order valence-electron chi connectivity index (χ4n) is 2.23. The van der Waals surface area contributed by atoms with Gasteiger partial charge in [-0.3, -0.25) is 14.9 Å². The highest BCUT2D eigenvalue weighted by atomic mass is 19.4. The maximum Gasteiger partial charge on any atom is 0.416 e. The third-order valence-corrected chi connectivity index (χ3v) is 3.67. The number of benzene rings is 2. The van der Waals surface area contributed by atoms with E-state index in [1.165, 1.54) is 31.4 Å². The van der Waals surface area contributed by atoms with Crippen molar-refractivity contribution < 1.29 is 42.0 Å². The summed E-state index contributed by atoms with van der Waals surface area (Å²) in [5, 5.41) is 13.0. The summed E-state index contributed by atoms with van der Waals surface area (Å²) in [7, 11) is 1.18. The van der Waals surface area contributed by atoms with E-state index in [4.69, 9.17) is 4.74 Å². The number of carbonyl (C=O) groups excluding carboxylic acids is 3. The summed E-state index contributed by atoms with van der Waals surface area (Å²) < 4.78 is 47.3. The molecule has 9 nitrogen and oxygen atoms in total. The lowest BCUT2D eigenvalue weighted by Gasteiger charge is -2.10. The molecule has 0 bridgehead atoms. The third-order valence-electron chi connectivity index (χ3n) is 3.67. The second-order valence-electron chi connectivity index (χ2n) is 5.68. The van der Waals surface area contributed by atoms with Crippen LogP contribution in [0.2, 0.25) is 0 Å². The topological polar surface area (TPSA) is 125 Å². The number of alkyl halides is 3. The number of nitrogens with zero attached hydrogens (tertiary/aromatic N) is 1. The van der Waals surface area contributed by atoms with E-state index < -0.39 is 52.5 Å². The smallest absolute Gasteiger partial charge is 0.416 e. The van der Waals surface area contributed by atoms with Gasteiger partial charge in [-0.15, -0.1) is 0 Å². The first-order valence-corrected chi connectivity index (χ1v) is 8.04. The Hall–Kier alpha value is -3.96. The minimum Gasteiger partial charge on any atom is -0.465 e. The number of anilines is 1. The average Bonchev–Trinajstić information content (AvgIpc) is 2.70. The molecule has 0 radical (unpaired) electrons. The van der Waals surface area contributed by atoms with Gasteiger partial charge >= 0.3 is 18.1 Å². The number of nitro groups is 1. The Morgan fingerprint density at radius 3 is 2.10 bits per heavy atom. The van der Waals surface area contributed by atoms with Gasteiger partial charge in [-0.2, -0.15) is 13.2 Å². The van der Waals surface area contributed by atoms with E-state index >= 15 is 0 Å². The van der Waals surface area contributed by atoms with Crippen LogP contribution < -0.4 is 5.32 Å². The summed E-state index contributed by atoms with van der Waals surface area (Å²) in [5.74, 6) is -2.55. The zero-order chi connectivity index (χ0) is 22.5. The molecule has 0 aliphatic rings. The molecular weight excluding hydrogens is 413 g/mol. The highest BCUT2D eigenvalue weighted by Crippen LogP contribution is 2.34. The molecule has 0 aliphatic heterocycles. The molecule has 1 amide bonds. The summed E-state index contributed by atoms with van der Waals surface area (Å²) in [6.45, 7) is -0.851. The van der Waals surface area contributed by atoms with Crippen LogP contribution in [0.5, 0.6) is 0 Å². The normalized spacial score (nSPS) is 10.8. The van der Waals surface area contributed by atoms with E-state index in [9.17, 15) is 37.7 Å². The van der Waals surface area contributed by atoms with E-state index in [1.54, 1.807) is 0 Å². The highest BCUT2D eigenvalue weighted by Gasteiger charge is 2.33. The maximum atomic E-state index is 12.7. The largest absolute Gasteiger partial charge is 0.465 e. The van der Waals surface area contributed by atoms with Gasteiger partial charge in [0.05, 0.1) is 28.7 Å². The Balaban J connectivity index is 2.03. The molecule has 0 aromatic heterocycles. The number of methoxy groups -OCH3 is 1. The molecule has 12 heteroatoms. The predicted molar refractivity (Wildman–Crippen MR) is 94.8 cm³/mol. The van der Waals surface area contributed by atoms with Gasteiger partial charge in [0.2, 0.25) is 0 Å². The Bertz CT molecular complexity index is 988. The van der Waals surface area contributed by atoms with Crippen molar-refractivity contribution in [3.63, 3.8) is 0 Å². The third kappa shape index (κ3) is 5.53. The Morgan fingerprint density at radius 1 is 1.03 bits per heavy atom. The lowest BCUT2D eigenvalue weighted by Crippen LogP contribution is -2.21. The maximum absolute atomic E-state index is 12.7. The summed E-state index contributed by atoms with van der Waals surface area (Å²) in [4.78, 5) is 45.1. The number of hydrogen-bond acceptors (Lipinski definition) is 7. The highest BCUT2D eigenvalue weighted by molar-refractivity contribution is 5.97. The molecule has 158 valence electrons. The SMILES string of the molecule is COC(=O)c1ccc(C(=O)OCC(=O)Nc2ccc(C(F)(F)F)cc2[N+](=O)[O-])cc1. The first-order valence-electron chi connectivity index (χ1n) is 8.04. The van der Waals surface area contributed by atoms with Crippen LogP contribution >= 0.6 is 0 Å². The van der Waals surface area contributed by atoms with Gasteiger partial charge in [0, 0.05) is 6.07 Å². The molecule has 0 aliphatic carbocycles. The number of ether oxygens (including phenoxy) is 2. The van der Waals surface area contributed by atoms with Gasteiger partial charge in [0.25, 0.3) is 11.6 Å². The lowest BCUT2D eigenvalue weighted by molar-refractivity contribution is -0.384. The molecule has 30 heavy (non-hydrogen) atoms. The summed E-state index contributed by atoms with van der Waals surface area (Å²) in [5.41, 5.74) is -2.52. The van der Waals surface area contributed by atoms with Crippen molar-refractivity contribution in [1.29, 1.82) is 0 Å². The quantitative estimate of drug-likeness (QED) is 0.427. The van der Waals surface area contributed by atoms with Gasteiger partial charge < -0.3 is 14.8 Å². The number of nitro benzene ring substituents is 1. The number of nitrogens with one attached hydrogen (secondary N) is 1. The first-order chi connectivity index (χ1) is 14.0. The van der Waals surface area contributed by atoms with E-state index in [0.29, 0.717) is 6.07 Å². The Kier molecular flexibility index (Phi) is 6.72. The molecule has 2 aromatic rings. The van der Waals surface area contributed by atoms with Crippen LogP contribution in [0.3, 0.4) is 0 Å². The number of esters is 2. The summed E-state index contributed by atoms with van der Waals surface area (Å²) >= 11 is 0. The van der Waals surface area contributed by atoms with Crippen molar-refractivity contribution >= 4 is 29.2 Å². The van der Waals surface area contributed by atoms with Crippen LogP contribution in [0.25, 0.3) is 0 Å². The van der Waals surface area contributed by atoms with Crippen molar-refractivity contribution in [1.82, 2.24) is 0 Å². The van der Waals surface area contributed by atoms with E-state index in [1.807, 2.05) is 5.32 Å². The van der Waals surface area contributed by atoms with Gasteiger partial charge in [0.15, 0.2) is 6.61 Å². The molecule has 0 atom stereocenters. The Morgan fingerprint density at radius 2 is 1.60 bits per heavy atom. The van der Waals surface area contributed by atoms with E-state index in [2.05, 4.69) is 4.74 Å². The fraction of sp³-hybridized carbons (Fsp3) is 0.167. The molecule has 1 N–H and O–H groups in total. The predicted octanol–water partition coefficient (Wildman–Crippen LogP) is 3.20. The van der Waals surface area contributed by atoms with Crippen molar-refractivity contribution in [2.24, 2.45) is 0 Å². The van der Waals surface area contributed by atoms with Gasteiger partial charge in [-0.25, -0.2) is 9.59 Å². The number of carbonyl (C=O) groups is 3. The van der Waals surface area contributed by atoms with Gasteiger partial charge in [-0.05, 0) is 36.4 Å². The van der Waals surface area contributed by atoms with Crippen molar-refractivity contribution in [2.75, 3.05) is 19.0 Å². The molecule has 2 rings (SSSR count). The fourth-order valence-corrected chi connectivity index (χ4v) is 2.23. The van der Waals surface area contributed by atoms with Gasteiger partial charge in [-0.1, -0.05) is 0 Å². The molecule has 2 aromatic carbocycles. The van der Waals surface area contributed by atoms with Crippen LogP contribution in [0.4, 0.5) is 24.5 Å². The molecule has 0 fully saturated rings. The lowest BCUT2D eigenvalue weighted by atomic mass is 10.1. The van der Waals surface area contributed by atoms with Crippen LogP contribution in [0.1, 0.15) is 26.3 Å². The molecule has 0 unspecified atom stereocenters. The van der Waals surface area contributed by atoms with Crippen molar-refractivity contribution in [3.05, 3.63) is 69.3 Å². The molecular formula is C18H13F3N2O7. The Labute approximate surface area is 166 Å². The first kappa shape index (κ1) is 22.3. The second kappa shape index (κ2) is 9.03. The minimum absolute atomic E-state index is 0.0102. The second-order valence-corrected chi connectivity index (χ2v) is 5.68. The van der Waals surface area contributed by atoms with Crippen LogP contribution in [-0.4, -0.2) is 36.5 Å². The van der Waals surface area contributed by atoms with E-state index in [-0.39, 0.29) is 17.2 Å². The molecule has 0 saturated heterocycles. The summed E-state index contributed by atoms with van der Waals surface area (Å²) in [6.07, 6.45) is -4.80. The average molecular weight is 426 g/mol. The van der Waals surface area contributed by atoms with Crippen LogP contribution in [-0.2, 0) is 20.4 Å². The number of rotatable bonds is 6. The standard InChI is InChI=1S/C18H13F3N2O7/c1-29-16(25)10-2-4-11(5-3-10)17(26)30-9-15(24)22-13-7-6-12(18(19,20)21)8-14(13)23(27)28/h2-8H,9H2,1H3,(H,22,24). The number of halogens is 3. The molecule has 0 spiro atoms. The van der Waals surface area contributed by atoms with Gasteiger partial charge in [0.1, 0.15) is 5.69 Å². The van der Waals surface area contributed by atoms with Crippen LogP contribution in [0, 0.1) is 10.1 Å². The zero-order valence-corrected chi connectivity index (χ0v) is 15.2. The molecule has 0 heterocycles.